The SMILES string of the molecule is CC(C)(C)C(O)CNC(=O)NCc1ccccc1OCC1CC1. The molecule has 0 aliphatic heterocycles. The van der Waals surface area contributed by atoms with Gasteiger partial charge in [-0.1, -0.05) is 39.0 Å². The summed E-state index contributed by atoms with van der Waals surface area (Å²) in [5, 5.41) is 15.4. The number of hydrogen-bond acceptors (Lipinski definition) is 3. The Morgan fingerprint density at radius 1 is 1.30 bits per heavy atom. The highest BCUT2D eigenvalue weighted by molar-refractivity contribution is 5.73. The van der Waals surface area contributed by atoms with E-state index >= 15 is 0 Å². The van der Waals surface area contributed by atoms with E-state index in [1.54, 1.807) is 0 Å². The molecule has 2 rings (SSSR count). The maximum absolute atomic E-state index is 11.9. The lowest BCUT2D eigenvalue weighted by atomic mass is 9.89. The van der Waals surface area contributed by atoms with Crippen LogP contribution < -0.4 is 15.4 Å². The molecule has 0 bridgehead atoms. The monoisotopic (exact) mass is 320 g/mol. The average molecular weight is 320 g/mol. The second-order valence-corrected chi connectivity index (χ2v) is 7.31. The van der Waals surface area contributed by atoms with Gasteiger partial charge in [0, 0.05) is 18.7 Å². The lowest BCUT2D eigenvalue weighted by Crippen LogP contribution is -2.43. The molecule has 1 aromatic carbocycles. The number of ether oxygens (including phenoxy) is 1. The van der Waals surface area contributed by atoms with Crippen molar-refractivity contribution in [3.8, 4) is 5.75 Å². The Hall–Kier alpha value is -1.75. The number of amides is 2. The molecule has 1 fully saturated rings. The van der Waals surface area contributed by atoms with Gasteiger partial charge in [-0.2, -0.15) is 0 Å². The molecule has 1 saturated carbocycles. The van der Waals surface area contributed by atoms with E-state index in [0.717, 1.165) is 17.9 Å². The van der Waals surface area contributed by atoms with Gasteiger partial charge < -0.3 is 20.5 Å². The first-order chi connectivity index (χ1) is 10.9. The van der Waals surface area contributed by atoms with Crippen LogP contribution in [0, 0.1) is 11.3 Å². The molecule has 5 heteroatoms. The second kappa shape index (κ2) is 7.68. The van der Waals surface area contributed by atoms with Crippen LogP contribution in [0.4, 0.5) is 4.79 Å². The third kappa shape index (κ3) is 6.10. The Bertz CT molecular complexity index is 521. The Labute approximate surface area is 138 Å². The number of urea groups is 1. The number of rotatable bonds is 7. The van der Waals surface area contributed by atoms with E-state index in [-0.39, 0.29) is 18.0 Å². The fraction of sp³-hybridized carbons (Fsp3) is 0.611. The number of benzene rings is 1. The van der Waals surface area contributed by atoms with Crippen LogP contribution in [-0.2, 0) is 6.54 Å². The zero-order valence-electron chi connectivity index (χ0n) is 14.3. The van der Waals surface area contributed by atoms with E-state index < -0.39 is 6.10 Å². The van der Waals surface area contributed by atoms with Gasteiger partial charge >= 0.3 is 6.03 Å². The number of para-hydroxylation sites is 1. The molecule has 3 N–H and O–H groups in total. The first-order valence-corrected chi connectivity index (χ1v) is 8.26. The lowest BCUT2D eigenvalue weighted by molar-refractivity contribution is 0.0650. The van der Waals surface area contributed by atoms with Crippen LogP contribution in [0.5, 0.6) is 5.75 Å². The average Bonchev–Trinajstić information content (AvgIpc) is 3.32. The van der Waals surface area contributed by atoms with Gasteiger partial charge in [0.1, 0.15) is 5.75 Å². The number of nitrogens with one attached hydrogen (secondary N) is 2. The third-order valence-electron chi connectivity index (χ3n) is 4.04. The molecule has 0 aromatic heterocycles. The standard InChI is InChI=1S/C18H28N2O3/c1-18(2,3)16(21)11-20-17(22)19-10-14-6-4-5-7-15(14)23-12-13-8-9-13/h4-7,13,16,21H,8-12H2,1-3H3,(H2,19,20,22). The molecule has 1 aliphatic rings. The topological polar surface area (TPSA) is 70.6 Å². The molecule has 1 aromatic rings. The minimum atomic E-state index is -0.581. The van der Waals surface area contributed by atoms with E-state index in [9.17, 15) is 9.90 Å². The van der Waals surface area contributed by atoms with E-state index in [1.165, 1.54) is 12.8 Å². The molecule has 1 unspecified atom stereocenters. The predicted molar refractivity (Wildman–Crippen MR) is 90.4 cm³/mol. The van der Waals surface area contributed by atoms with Crippen LogP contribution in [0.1, 0.15) is 39.2 Å². The Morgan fingerprint density at radius 2 is 2.00 bits per heavy atom. The minimum absolute atomic E-state index is 0.231. The van der Waals surface area contributed by atoms with Gasteiger partial charge in [0.25, 0.3) is 0 Å². The van der Waals surface area contributed by atoms with Gasteiger partial charge in [0.05, 0.1) is 12.7 Å². The van der Waals surface area contributed by atoms with Crippen molar-refractivity contribution in [2.24, 2.45) is 11.3 Å². The molecule has 128 valence electrons. The highest BCUT2D eigenvalue weighted by Gasteiger charge is 2.23. The summed E-state index contributed by atoms with van der Waals surface area (Å²) in [6.45, 7) is 7.19. The summed E-state index contributed by atoms with van der Waals surface area (Å²) < 4.78 is 5.82. The molecule has 0 spiro atoms. The van der Waals surface area contributed by atoms with Crippen molar-refractivity contribution in [2.45, 2.75) is 46.3 Å². The van der Waals surface area contributed by atoms with Gasteiger partial charge in [-0.15, -0.1) is 0 Å². The predicted octanol–water partition coefficient (Wildman–Crippen LogP) is 2.68. The summed E-state index contributed by atoms with van der Waals surface area (Å²) in [4.78, 5) is 11.9. The van der Waals surface area contributed by atoms with Crippen molar-refractivity contribution in [2.75, 3.05) is 13.2 Å². The zero-order chi connectivity index (χ0) is 16.9. The van der Waals surface area contributed by atoms with E-state index in [2.05, 4.69) is 10.6 Å². The fourth-order valence-corrected chi connectivity index (χ4v) is 2.02. The van der Waals surface area contributed by atoms with Crippen molar-refractivity contribution in [3.05, 3.63) is 29.8 Å². The second-order valence-electron chi connectivity index (χ2n) is 7.31. The summed E-state index contributed by atoms with van der Waals surface area (Å²) >= 11 is 0. The van der Waals surface area contributed by atoms with E-state index in [1.807, 2.05) is 45.0 Å². The van der Waals surface area contributed by atoms with Crippen LogP contribution in [0.3, 0.4) is 0 Å². The summed E-state index contributed by atoms with van der Waals surface area (Å²) in [5.74, 6) is 1.52. The molecule has 1 aliphatic carbocycles. The maximum Gasteiger partial charge on any atom is 0.315 e. The summed E-state index contributed by atoms with van der Waals surface area (Å²) in [6.07, 6.45) is 1.92. The van der Waals surface area contributed by atoms with Crippen molar-refractivity contribution >= 4 is 6.03 Å². The van der Waals surface area contributed by atoms with Gasteiger partial charge in [0.2, 0.25) is 0 Å². The number of carbonyl (C=O) groups excluding carboxylic acids is 1. The number of aliphatic hydroxyl groups is 1. The van der Waals surface area contributed by atoms with Crippen LogP contribution >= 0.6 is 0 Å². The Kier molecular flexibility index (Phi) is 5.88. The fourth-order valence-electron chi connectivity index (χ4n) is 2.02. The quantitative estimate of drug-likeness (QED) is 0.723. The van der Waals surface area contributed by atoms with Crippen LogP contribution in [-0.4, -0.2) is 30.4 Å². The van der Waals surface area contributed by atoms with Gasteiger partial charge in [-0.25, -0.2) is 4.79 Å². The zero-order valence-corrected chi connectivity index (χ0v) is 14.3. The number of aliphatic hydroxyl groups excluding tert-OH is 1. The van der Waals surface area contributed by atoms with Crippen LogP contribution in [0.2, 0.25) is 0 Å². The van der Waals surface area contributed by atoms with Crippen LogP contribution in [0.15, 0.2) is 24.3 Å². The highest BCUT2D eigenvalue weighted by Crippen LogP contribution is 2.30. The van der Waals surface area contributed by atoms with Crippen molar-refractivity contribution in [1.82, 2.24) is 10.6 Å². The smallest absolute Gasteiger partial charge is 0.315 e. The third-order valence-corrected chi connectivity index (χ3v) is 4.04. The number of hydrogen-bond donors (Lipinski definition) is 3. The maximum atomic E-state index is 11.9. The molecule has 0 heterocycles. The Morgan fingerprint density at radius 3 is 2.65 bits per heavy atom. The molecule has 1 atom stereocenters. The molecule has 0 saturated heterocycles. The lowest BCUT2D eigenvalue weighted by Gasteiger charge is -2.25. The van der Waals surface area contributed by atoms with Crippen molar-refractivity contribution in [3.63, 3.8) is 0 Å². The summed E-state index contributed by atoms with van der Waals surface area (Å²) in [6, 6.07) is 7.46. The highest BCUT2D eigenvalue weighted by atomic mass is 16.5. The van der Waals surface area contributed by atoms with Gasteiger partial charge in [-0.05, 0) is 30.2 Å². The van der Waals surface area contributed by atoms with Gasteiger partial charge in [-0.3, -0.25) is 0 Å². The summed E-state index contributed by atoms with van der Waals surface area (Å²) in [7, 11) is 0. The van der Waals surface area contributed by atoms with Gasteiger partial charge in [0.15, 0.2) is 0 Å². The molecular weight excluding hydrogens is 292 g/mol. The molecule has 5 nitrogen and oxygen atoms in total. The minimum Gasteiger partial charge on any atom is -0.493 e. The van der Waals surface area contributed by atoms with Crippen LogP contribution in [0.25, 0.3) is 0 Å². The molecule has 23 heavy (non-hydrogen) atoms. The molecule has 0 radical (unpaired) electrons. The normalized spacial score (nSPS) is 15.8. The molecular formula is C18H28N2O3. The Balaban J connectivity index is 1.77. The number of carbonyl (C=O) groups is 1. The van der Waals surface area contributed by atoms with E-state index in [4.69, 9.17) is 4.74 Å². The van der Waals surface area contributed by atoms with Crippen molar-refractivity contribution < 1.29 is 14.6 Å². The van der Waals surface area contributed by atoms with Crippen molar-refractivity contribution in [1.29, 1.82) is 0 Å². The first-order valence-electron chi connectivity index (χ1n) is 8.26. The summed E-state index contributed by atoms with van der Waals surface area (Å²) in [5.41, 5.74) is 0.705. The van der Waals surface area contributed by atoms with E-state index in [0.29, 0.717) is 12.5 Å². The molecule has 2 amide bonds. The largest absolute Gasteiger partial charge is 0.493 e. The first kappa shape index (κ1) is 17.6.